The third-order valence-electron chi connectivity index (χ3n) is 5.60. The van der Waals surface area contributed by atoms with E-state index in [1.165, 1.54) is 5.39 Å². The van der Waals surface area contributed by atoms with Gasteiger partial charge in [0.1, 0.15) is 0 Å². The molecule has 0 unspecified atom stereocenters. The summed E-state index contributed by atoms with van der Waals surface area (Å²) in [5.74, 6) is 0.0554. The molecule has 5 nitrogen and oxygen atoms in total. The monoisotopic (exact) mass is 385 g/mol. The summed E-state index contributed by atoms with van der Waals surface area (Å²) in [5.41, 5.74) is 5.13. The summed E-state index contributed by atoms with van der Waals surface area (Å²) in [5, 5.41) is 4.30. The molecule has 1 saturated heterocycles. The Hall–Kier alpha value is -3.31. The number of hydrogen-bond donors (Lipinski definition) is 2. The smallest absolute Gasteiger partial charge is 0.241 e. The Kier molecular flexibility index (Phi) is 4.66. The molecule has 1 aliphatic heterocycles. The van der Waals surface area contributed by atoms with Crippen LogP contribution in [0.1, 0.15) is 18.4 Å². The predicted molar refractivity (Wildman–Crippen MR) is 115 cm³/mol. The Morgan fingerprint density at radius 3 is 2.93 bits per heavy atom. The highest BCUT2D eigenvalue weighted by Crippen LogP contribution is 2.27. The van der Waals surface area contributed by atoms with Crippen LogP contribution in [-0.4, -0.2) is 28.4 Å². The maximum atomic E-state index is 13.0. The lowest BCUT2D eigenvalue weighted by Crippen LogP contribution is -2.39. The second-order valence-corrected chi connectivity index (χ2v) is 7.60. The third-order valence-corrected chi connectivity index (χ3v) is 5.60. The molecule has 0 saturated carbocycles. The summed E-state index contributed by atoms with van der Waals surface area (Å²) >= 11 is 0. The van der Waals surface area contributed by atoms with Crippen LogP contribution < -0.4 is 5.32 Å². The van der Waals surface area contributed by atoms with Crippen LogP contribution in [0.25, 0.3) is 22.2 Å². The number of hydrogen-bond acceptors (Lipinski definition) is 3. The molecular weight excluding hydrogens is 362 g/mol. The van der Waals surface area contributed by atoms with Crippen LogP contribution in [0.15, 0.2) is 77.6 Å². The molecule has 5 rings (SSSR count). The number of likely N-dealkylation sites (tertiary alicyclic amines) is 1. The van der Waals surface area contributed by atoms with Crippen molar-refractivity contribution in [3.8, 4) is 11.3 Å². The maximum absolute atomic E-state index is 13.0. The van der Waals surface area contributed by atoms with Crippen LogP contribution >= 0.6 is 0 Å². The van der Waals surface area contributed by atoms with E-state index in [1.807, 2.05) is 36.4 Å². The van der Waals surface area contributed by atoms with Crippen LogP contribution in [-0.2, 0) is 11.3 Å². The number of nitrogens with zero attached hydrogens (tertiary/aromatic N) is 1. The lowest BCUT2D eigenvalue weighted by molar-refractivity contribution is -0.120. The number of carbonyl (C=O) groups excluding carboxylic acids is 1. The van der Waals surface area contributed by atoms with Gasteiger partial charge in [-0.1, -0.05) is 30.3 Å². The maximum Gasteiger partial charge on any atom is 0.241 e. The number of benzene rings is 2. The van der Waals surface area contributed by atoms with Crippen molar-refractivity contribution in [2.75, 3.05) is 11.9 Å². The minimum atomic E-state index is -0.110. The molecule has 1 amide bonds. The van der Waals surface area contributed by atoms with E-state index in [1.54, 1.807) is 12.5 Å². The molecule has 1 atom stereocenters. The van der Waals surface area contributed by atoms with Crippen molar-refractivity contribution in [3.05, 3.63) is 78.8 Å². The topological polar surface area (TPSA) is 61.3 Å². The Bertz CT molecular complexity index is 1100. The molecule has 5 heteroatoms. The summed E-state index contributed by atoms with van der Waals surface area (Å²) in [6.07, 6.45) is 5.34. The van der Waals surface area contributed by atoms with Crippen molar-refractivity contribution in [2.45, 2.75) is 25.4 Å². The number of fused-ring (bicyclic) bond motifs is 1. The third kappa shape index (κ3) is 3.69. The Morgan fingerprint density at radius 1 is 1.14 bits per heavy atom. The molecule has 0 spiro atoms. The van der Waals surface area contributed by atoms with Crippen molar-refractivity contribution in [1.82, 2.24) is 9.88 Å². The van der Waals surface area contributed by atoms with Crippen LogP contribution in [0.5, 0.6) is 0 Å². The second kappa shape index (κ2) is 7.60. The molecule has 1 aliphatic rings. The van der Waals surface area contributed by atoms with E-state index in [-0.39, 0.29) is 11.9 Å². The van der Waals surface area contributed by atoms with E-state index in [4.69, 9.17) is 4.42 Å². The number of amides is 1. The number of nitrogens with one attached hydrogen (secondary N) is 2. The predicted octanol–water partition coefficient (Wildman–Crippen LogP) is 5.03. The molecule has 3 heterocycles. The van der Waals surface area contributed by atoms with Gasteiger partial charge in [-0.05, 0) is 49.7 Å². The SMILES string of the molecule is O=C(Nc1cccc(-c2cc3ccccc3[nH]2)c1)[C@@H]1CCCN1Cc1ccoc1. The van der Waals surface area contributed by atoms with Gasteiger partial charge in [-0.3, -0.25) is 9.69 Å². The van der Waals surface area contributed by atoms with Crippen LogP contribution in [0.3, 0.4) is 0 Å². The van der Waals surface area contributed by atoms with Gasteiger partial charge < -0.3 is 14.7 Å². The van der Waals surface area contributed by atoms with Gasteiger partial charge in [-0.15, -0.1) is 0 Å². The molecule has 29 heavy (non-hydrogen) atoms. The number of aromatic amines is 1. The highest BCUT2D eigenvalue weighted by molar-refractivity contribution is 5.96. The number of aromatic nitrogens is 1. The molecule has 0 bridgehead atoms. The molecule has 2 N–H and O–H groups in total. The number of carbonyl (C=O) groups is 1. The van der Waals surface area contributed by atoms with E-state index >= 15 is 0 Å². The summed E-state index contributed by atoms with van der Waals surface area (Å²) < 4.78 is 5.16. The van der Waals surface area contributed by atoms with E-state index in [0.29, 0.717) is 0 Å². The number of para-hydroxylation sites is 1. The quantitative estimate of drug-likeness (QED) is 0.506. The van der Waals surface area contributed by atoms with E-state index in [2.05, 4.69) is 39.5 Å². The lowest BCUT2D eigenvalue weighted by Gasteiger charge is -2.23. The van der Waals surface area contributed by atoms with Gasteiger partial charge in [0.05, 0.1) is 18.6 Å². The molecule has 146 valence electrons. The average molecular weight is 385 g/mol. The number of furan rings is 1. The molecule has 0 radical (unpaired) electrons. The van der Waals surface area contributed by atoms with Crippen LogP contribution in [0.2, 0.25) is 0 Å². The van der Waals surface area contributed by atoms with Crippen molar-refractivity contribution >= 4 is 22.5 Å². The average Bonchev–Trinajstić information content (AvgIpc) is 3.49. The Balaban J connectivity index is 1.32. The largest absolute Gasteiger partial charge is 0.472 e. The molecule has 1 fully saturated rings. The fourth-order valence-electron chi connectivity index (χ4n) is 4.15. The van der Waals surface area contributed by atoms with Gasteiger partial charge in [0.2, 0.25) is 5.91 Å². The zero-order valence-corrected chi connectivity index (χ0v) is 16.1. The molecule has 2 aromatic carbocycles. The first kappa shape index (κ1) is 17.8. The first-order chi connectivity index (χ1) is 14.3. The molecule has 4 aromatic rings. The summed E-state index contributed by atoms with van der Waals surface area (Å²) in [6.45, 7) is 1.67. The van der Waals surface area contributed by atoms with Gasteiger partial charge in [0, 0.05) is 40.0 Å². The van der Waals surface area contributed by atoms with Gasteiger partial charge in [0.15, 0.2) is 0 Å². The minimum Gasteiger partial charge on any atom is -0.472 e. The van der Waals surface area contributed by atoms with Crippen molar-refractivity contribution < 1.29 is 9.21 Å². The van der Waals surface area contributed by atoms with E-state index in [9.17, 15) is 4.79 Å². The summed E-state index contributed by atoms with van der Waals surface area (Å²) in [4.78, 5) is 18.6. The summed E-state index contributed by atoms with van der Waals surface area (Å²) in [6, 6.07) is 20.2. The second-order valence-electron chi connectivity index (χ2n) is 7.60. The first-order valence-electron chi connectivity index (χ1n) is 10.0. The van der Waals surface area contributed by atoms with Gasteiger partial charge in [-0.25, -0.2) is 0 Å². The fraction of sp³-hybridized carbons (Fsp3) is 0.208. The molecular formula is C24H23N3O2. The van der Waals surface area contributed by atoms with Crippen LogP contribution in [0.4, 0.5) is 5.69 Å². The normalized spacial score (nSPS) is 17.0. The van der Waals surface area contributed by atoms with Gasteiger partial charge >= 0.3 is 0 Å². The Labute approximate surface area is 169 Å². The highest BCUT2D eigenvalue weighted by Gasteiger charge is 2.30. The van der Waals surface area contributed by atoms with E-state index in [0.717, 1.165) is 54.0 Å². The minimum absolute atomic E-state index is 0.0554. The van der Waals surface area contributed by atoms with E-state index < -0.39 is 0 Å². The van der Waals surface area contributed by atoms with Crippen molar-refractivity contribution in [3.63, 3.8) is 0 Å². The summed E-state index contributed by atoms with van der Waals surface area (Å²) in [7, 11) is 0. The number of rotatable bonds is 5. The number of H-pyrrole nitrogens is 1. The zero-order valence-electron chi connectivity index (χ0n) is 16.1. The number of anilines is 1. The Morgan fingerprint density at radius 2 is 2.07 bits per heavy atom. The lowest BCUT2D eigenvalue weighted by atomic mass is 10.1. The van der Waals surface area contributed by atoms with Gasteiger partial charge in [0.25, 0.3) is 0 Å². The highest BCUT2D eigenvalue weighted by atomic mass is 16.3. The first-order valence-corrected chi connectivity index (χ1v) is 10.0. The standard InChI is InChI=1S/C24H23N3O2/c28-24(23-9-4-11-27(23)15-17-10-12-29-16-17)25-20-7-3-6-18(13-20)22-14-19-5-1-2-8-21(19)26-22/h1-3,5-8,10,12-14,16,23,26H,4,9,11,15H2,(H,25,28)/t23-/m0/s1. The van der Waals surface area contributed by atoms with Crippen molar-refractivity contribution in [2.24, 2.45) is 0 Å². The zero-order chi connectivity index (χ0) is 19.6. The van der Waals surface area contributed by atoms with Crippen molar-refractivity contribution in [1.29, 1.82) is 0 Å². The van der Waals surface area contributed by atoms with Crippen LogP contribution in [0, 0.1) is 0 Å². The molecule has 2 aromatic heterocycles. The molecule has 0 aliphatic carbocycles. The fourth-order valence-corrected chi connectivity index (χ4v) is 4.15. The van der Waals surface area contributed by atoms with Gasteiger partial charge in [-0.2, -0.15) is 0 Å².